The number of hydrogen-bond acceptors (Lipinski definition) is 3. The second kappa shape index (κ2) is 5.91. The zero-order valence-electron chi connectivity index (χ0n) is 10.6. The summed E-state index contributed by atoms with van der Waals surface area (Å²) in [5.41, 5.74) is 1.99. The normalized spacial score (nSPS) is 12.4. The van der Waals surface area contributed by atoms with Crippen molar-refractivity contribution in [2.45, 2.75) is 32.7 Å². The minimum absolute atomic E-state index is 0.316. The average molecular weight is 265 g/mol. The minimum atomic E-state index is 0.316. The Hall–Kier alpha value is -1.48. The van der Waals surface area contributed by atoms with Gasteiger partial charge in [-0.2, -0.15) is 0 Å². The van der Waals surface area contributed by atoms with Crippen LogP contribution < -0.4 is 5.32 Å². The Morgan fingerprint density at radius 2 is 2.33 bits per heavy atom. The van der Waals surface area contributed by atoms with E-state index in [1.807, 2.05) is 25.1 Å². The van der Waals surface area contributed by atoms with Crippen molar-refractivity contribution in [2.75, 3.05) is 5.32 Å². The van der Waals surface area contributed by atoms with Gasteiger partial charge in [0.1, 0.15) is 5.76 Å². The minimum Gasteiger partial charge on any atom is -0.469 e. The first-order chi connectivity index (χ1) is 8.65. The van der Waals surface area contributed by atoms with E-state index in [0.717, 1.165) is 29.9 Å². The van der Waals surface area contributed by atoms with Crippen molar-refractivity contribution >= 4 is 17.3 Å². The quantitative estimate of drug-likeness (QED) is 0.828. The van der Waals surface area contributed by atoms with E-state index in [0.29, 0.717) is 11.2 Å². The summed E-state index contributed by atoms with van der Waals surface area (Å²) >= 11 is 6.05. The third-order valence-electron chi connectivity index (χ3n) is 2.78. The standard InChI is InChI=1S/C14H17ClN2O/c1-10-8-13(14(15)16-9-10)17-11(2)5-6-12-4-3-7-18-12/h3-4,7-9,11,17H,5-6H2,1-2H3. The van der Waals surface area contributed by atoms with Gasteiger partial charge in [-0.3, -0.25) is 0 Å². The van der Waals surface area contributed by atoms with Gasteiger partial charge in [0.05, 0.1) is 12.0 Å². The number of aryl methyl sites for hydroxylation is 2. The summed E-state index contributed by atoms with van der Waals surface area (Å²) in [6, 6.07) is 6.23. The number of nitrogens with zero attached hydrogens (tertiary/aromatic N) is 1. The van der Waals surface area contributed by atoms with E-state index in [2.05, 4.69) is 17.2 Å². The molecule has 0 fully saturated rings. The summed E-state index contributed by atoms with van der Waals surface area (Å²) in [7, 11) is 0. The van der Waals surface area contributed by atoms with Gasteiger partial charge in [0.25, 0.3) is 0 Å². The molecular formula is C14H17ClN2O. The summed E-state index contributed by atoms with van der Waals surface area (Å²) in [5.74, 6) is 1.01. The summed E-state index contributed by atoms with van der Waals surface area (Å²) in [4.78, 5) is 4.13. The number of pyridine rings is 1. The molecule has 0 saturated heterocycles. The lowest BCUT2D eigenvalue weighted by Crippen LogP contribution is -2.16. The molecule has 0 aliphatic heterocycles. The summed E-state index contributed by atoms with van der Waals surface area (Å²) < 4.78 is 5.31. The first-order valence-electron chi connectivity index (χ1n) is 6.06. The first-order valence-corrected chi connectivity index (χ1v) is 6.44. The van der Waals surface area contributed by atoms with Gasteiger partial charge in [-0.1, -0.05) is 11.6 Å². The molecule has 0 amide bonds. The van der Waals surface area contributed by atoms with Crippen molar-refractivity contribution in [3.63, 3.8) is 0 Å². The van der Waals surface area contributed by atoms with Gasteiger partial charge in [0, 0.05) is 18.7 Å². The molecule has 2 heterocycles. The second-order valence-corrected chi connectivity index (χ2v) is 4.87. The zero-order valence-corrected chi connectivity index (χ0v) is 11.4. The lowest BCUT2D eigenvalue weighted by atomic mass is 10.1. The van der Waals surface area contributed by atoms with E-state index in [1.165, 1.54) is 0 Å². The Morgan fingerprint density at radius 3 is 3.06 bits per heavy atom. The van der Waals surface area contributed by atoms with Crippen LogP contribution in [0.25, 0.3) is 0 Å². The molecule has 96 valence electrons. The van der Waals surface area contributed by atoms with Crippen molar-refractivity contribution < 1.29 is 4.42 Å². The van der Waals surface area contributed by atoms with Crippen LogP contribution in [0, 0.1) is 6.92 Å². The molecule has 0 radical (unpaired) electrons. The van der Waals surface area contributed by atoms with E-state index >= 15 is 0 Å². The second-order valence-electron chi connectivity index (χ2n) is 4.51. The number of anilines is 1. The molecule has 0 saturated carbocycles. The average Bonchev–Trinajstić information content (AvgIpc) is 2.84. The largest absolute Gasteiger partial charge is 0.469 e. The lowest BCUT2D eigenvalue weighted by molar-refractivity contribution is 0.495. The number of nitrogens with one attached hydrogen (secondary N) is 1. The molecule has 1 N–H and O–H groups in total. The molecule has 3 nitrogen and oxygen atoms in total. The third-order valence-corrected chi connectivity index (χ3v) is 3.08. The Kier molecular flexibility index (Phi) is 4.26. The van der Waals surface area contributed by atoms with Crippen LogP contribution in [0.5, 0.6) is 0 Å². The molecule has 2 aromatic rings. The van der Waals surface area contributed by atoms with Gasteiger partial charge >= 0.3 is 0 Å². The molecule has 2 aromatic heterocycles. The van der Waals surface area contributed by atoms with Gasteiger partial charge in [-0.25, -0.2) is 4.98 Å². The van der Waals surface area contributed by atoms with Crippen molar-refractivity contribution in [1.29, 1.82) is 0 Å². The van der Waals surface area contributed by atoms with Crippen LogP contribution in [0.15, 0.2) is 35.1 Å². The van der Waals surface area contributed by atoms with Crippen LogP contribution in [-0.4, -0.2) is 11.0 Å². The lowest BCUT2D eigenvalue weighted by Gasteiger charge is -2.15. The summed E-state index contributed by atoms with van der Waals surface area (Å²) in [5, 5.41) is 3.90. The summed E-state index contributed by atoms with van der Waals surface area (Å²) in [6.45, 7) is 4.13. The molecule has 0 spiro atoms. The maximum absolute atomic E-state index is 6.05. The van der Waals surface area contributed by atoms with Gasteiger partial charge in [0.15, 0.2) is 5.15 Å². The van der Waals surface area contributed by atoms with Crippen LogP contribution in [0.4, 0.5) is 5.69 Å². The molecule has 0 bridgehead atoms. The molecular weight excluding hydrogens is 248 g/mol. The van der Waals surface area contributed by atoms with Gasteiger partial charge < -0.3 is 9.73 Å². The smallest absolute Gasteiger partial charge is 0.152 e. The number of rotatable bonds is 5. The first kappa shape index (κ1) is 13.0. The molecule has 0 aliphatic carbocycles. The van der Waals surface area contributed by atoms with Crippen LogP contribution in [0.2, 0.25) is 5.15 Å². The molecule has 0 aliphatic rings. The topological polar surface area (TPSA) is 38.1 Å². The van der Waals surface area contributed by atoms with E-state index in [4.69, 9.17) is 16.0 Å². The predicted octanol–water partition coefficient (Wildman–Crippen LogP) is 4.07. The molecule has 1 unspecified atom stereocenters. The van der Waals surface area contributed by atoms with Gasteiger partial charge in [-0.05, 0) is 44.0 Å². The zero-order chi connectivity index (χ0) is 13.0. The molecule has 2 rings (SSSR count). The van der Waals surface area contributed by atoms with E-state index in [9.17, 15) is 0 Å². The highest BCUT2D eigenvalue weighted by molar-refractivity contribution is 6.31. The van der Waals surface area contributed by atoms with E-state index < -0.39 is 0 Å². The van der Waals surface area contributed by atoms with Crippen LogP contribution >= 0.6 is 11.6 Å². The number of halogens is 1. The Labute approximate surface area is 112 Å². The van der Waals surface area contributed by atoms with Crippen molar-refractivity contribution in [3.8, 4) is 0 Å². The fraction of sp³-hybridized carbons (Fsp3) is 0.357. The maximum atomic E-state index is 6.05. The fourth-order valence-corrected chi connectivity index (χ4v) is 1.96. The summed E-state index contributed by atoms with van der Waals surface area (Å²) in [6.07, 6.45) is 5.37. The van der Waals surface area contributed by atoms with Crippen LogP contribution in [0.1, 0.15) is 24.7 Å². The highest BCUT2D eigenvalue weighted by atomic mass is 35.5. The molecule has 18 heavy (non-hydrogen) atoms. The van der Waals surface area contributed by atoms with Gasteiger partial charge in [0.2, 0.25) is 0 Å². The van der Waals surface area contributed by atoms with Crippen molar-refractivity contribution in [3.05, 3.63) is 47.1 Å². The Morgan fingerprint density at radius 1 is 1.50 bits per heavy atom. The SMILES string of the molecule is Cc1cnc(Cl)c(NC(C)CCc2ccco2)c1. The highest BCUT2D eigenvalue weighted by Crippen LogP contribution is 2.21. The van der Waals surface area contributed by atoms with Crippen LogP contribution in [0.3, 0.4) is 0 Å². The third kappa shape index (κ3) is 3.50. The van der Waals surface area contributed by atoms with E-state index in [-0.39, 0.29) is 0 Å². The Bertz CT molecular complexity index is 497. The Balaban J connectivity index is 1.90. The maximum Gasteiger partial charge on any atom is 0.152 e. The predicted molar refractivity (Wildman–Crippen MR) is 74.1 cm³/mol. The van der Waals surface area contributed by atoms with Gasteiger partial charge in [-0.15, -0.1) is 0 Å². The highest BCUT2D eigenvalue weighted by Gasteiger charge is 2.07. The monoisotopic (exact) mass is 264 g/mol. The molecule has 0 aromatic carbocycles. The number of furan rings is 1. The molecule has 4 heteroatoms. The van der Waals surface area contributed by atoms with Crippen molar-refractivity contribution in [1.82, 2.24) is 4.98 Å². The number of aromatic nitrogens is 1. The number of hydrogen-bond donors (Lipinski definition) is 1. The van der Waals surface area contributed by atoms with E-state index in [1.54, 1.807) is 12.5 Å². The van der Waals surface area contributed by atoms with Crippen molar-refractivity contribution in [2.24, 2.45) is 0 Å². The fourth-order valence-electron chi connectivity index (χ4n) is 1.80. The molecule has 1 atom stereocenters. The van der Waals surface area contributed by atoms with Crippen LogP contribution in [-0.2, 0) is 6.42 Å².